The molecule has 1 heterocycles. The number of aliphatic hydroxyl groups excluding tert-OH is 1. The molecule has 0 saturated carbocycles. The van der Waals surface area contributed by atoms with Crippen LogP contribution in [0.3, 0.4) is 0 Å². The van der Waals surface area contributed by atoms with Gasteiger partial charge in [0.15, 0.2) is 0 Å². The molecular formula is C16H23NO3. The fourth-order valence-electron chi connectivity index (χ4n) is 2.87. The number of carbonyl (C=O) groups is 1. The van der Waals surface area contributed by atoms with E-state index in [1.54, 1.807) is 14.0 Å². The van der Waals surface area contributed by atoms with Gasteiger partial charge in [0.05, 0.1) is 12.7 Å². The lowest BCUT2D eigenvalue weighted by Crippen LogP contribution is -2.37. The molecule has 1 aliphatic rings. The highest BCUT2D eigenvalue weighted by Crippen LogP contribution is 2.24. The molecule has 1 aromatic carbocycles. The highest BCUT2D eigenvalue weighted by molar-refractivity contribution is 5.94. The second kappa shape index (κ2) is 6.86. The molecular weight excluding hydrogens is 254 g/mol. The average Bonchev–Trinajstić information content (AvgIpc) is 2.86. The Morgan fingerprint density at radius 2 is 2.35 bits per heavy atom. The molecule has 110 valence electrons. The minimum absolute atomic E-state index is 0.0612. The zero-order valence-electron chi connectivity index (χ0n) is 12.2. The summed E-state index contributed by atoms with van der Waals surface area (Å²) < 4.78 is 5.10. The van der Waals surface area contributed by atoms with Crippen molar-refractivity contribution in [3.63, 3.8) is 0 Å². The Morgan fingerprint density at radius 1 is 1.55 bits per heavy atom. The Labute approximate surface area is 120 Å². The van der Waals surface area contributed by atoms with Gasteiger partial charge in [-0.25, -0.2) is 0 Å². The number of nitrogens with zero attached hydrogens (tertiary/aromatic N) is 1. The standard InChI is InChI=1S/C16H23NO3/c1-12(18)9-15-7-4-8-17(15)16(19)14-6-3-5-13(10-14)11-20-2/h3,5-6,10,12,15,18H,4,7-9,11H2,1-2H3/t12-,15-/m1/s1. The van der Waals surface area contributed by atoms with Gasteiger partial charge in [0.25, 0.3) is 5.91 Å². The third kappa shape index (κ3) is 3.58. The van der Waals surface area contributed by atoms with Crippen molar-refractivity contribution in [2.75, 3.05) is 13.7 Å². The van der Waals surface area contributed by atoms with Crippen molar-refractivity contribution in [3.05, 3.63) is 35.4 Å². The van der Waals surface area contributed by atoms with Crippen molar-refractivity contribution in [2.45, 2.75) is 44.9 Å². The van der Waals surface area contributed by atoms with Crippen LogP contribution in [0.1, 0.15) is 42.1 Å². The summed E-state index contributed by atoms with van der Waals surface area (Å²) in [6.45, 7) is 3.07. The maximum atomic E-state index is 12.6. The van der Waals surface area contributed by atoms with Crippen LogP contribution in [0, 0.1) is 0 Å². The largest absolute Gasteiger partial charge is 0.393 e. The fraction of sp³-hybridized carbons (Fsp3) is 0.562. The van der Waals surface area contributed by atoms with E-state index in [2.05, 4.69) is 0 Å². The number of hydrogen-bond acceptors (Lipinski definition) is 3. The highest BCUT2D eigenvalue weighted by atomic mass is 16.5. The number of aliphatic hydroxyl groups is 1. The van der Waals surface area contributed by atoms with E-state index in [0.717, 1.165) is 24.9 Å². The summed E-state index contributed by atoms with van der Waals surface area (Å²) >= 11 is 0. The van der Waals surface area contributed by atoms with Crippen LogP contribution in [0.4, 0.5) is 0 Å². The number of carbonyl (C=O) groups excluding carboxylic acids is 1. The quantitative estimate of drug-likeness (QED) is 0.897. The first-order chi connectivity index (χ1) is 9.61. The molecule has 1 aliphatic heterocycles. The van der Waals surface area contributed by atoms with Crippen LogP contribution in [-0.2, 0) is 11.3 Å². The molecule has 0 unspecified atom stereocenters. The van der Waals surface area contributed by atoms with E-state index in [-0.39, 0.29) is 18.1 Å². The maximum Gasteiger partial charge on any atom is 0.254 e. The van der Waals surface area contributed by atoms with Crippen molar-refractivity contribution >= 4 is 5.91 Å². The lowest BCUT2D eigenvalue weighted by atomic mass is 10.1. The van der Waals surface area contributed by atoms with E-state index < -0.39 is 0 Å². The summed E-state index contributed by atoms with van der Waals surface area (Å²) in [6.07, 6.45) is 2.28. The van der Waals surface area contributed by atoms with Crippen molar-refractivity contribution in [2.24, 2.45) is 0 Å². The third-order valence-corrected chi connectivity index (χ3v) is 3.74. The Bertz CT molecular complexity index is 459. The van der Waals surface area contributed by atoms with E-state index in [9.17, 15) is 9.90 Å². The van der Waals surface area contributed by atoms with Gasteiger partial charge in [-0.15, -0.1) is 0 Å². The number of methoxy groups -OCH3 is 1. The van der Waals surface area contributed by atoms with E-state index in [0.29, 0.717) is 18.6 Å². The molecule has 1 N–H and O–H groups in total. The maximum absolute atomic E-state index is 12.6. The second-order valence-electron chi connectivity index (χ2n) is 5.51. The van der Waals surface area contributed by atoms with Crippen LogP contribution in [0.5, 0.6) is 0 Å². The number of likely N-dealkylation sites (tertiary alicyclic amines) is 1. The lowest BCUT2D eigenvalue weighted by molar-refractivity contribution is 0.0681. The van der Waals surface area contributed by atoms with E-state index in [1.807, 2.05) is 29.2 Å². The monoisotopic (exact) mass is 277 g/mol. The molecule has 0 radical (unpaired) electrons. The van der Waals surface area contributed by atoms with Gasteiger partial charge in [-0.2, -0.15) is 0 Å². The van der Waals surface area contributed by atoms with Gasteiger partial charge in [0.1, 0.15) is 0 Å². The summed E-state index contributed by atoms with van der Waals surface area (Å²) in [5.74, 6) is 0.0612. The van der Waals surface area contributed by atoms with Crippen LogP contribution < -0.4 is 0 Å². The summed E-state index contributed by atoms with van der Waals surface area (Å²) in [7, 11) is 1.65. The van der Waals surface area contributed by atoms with Crippen LogP contribution >= 0.6 is 0 Å². The number of ether oxygens (including phenoxy) is 1. The zero-order valence-corrected chi connectivity index (χ0v) is 12.2. The first kappa shape index (κ1) is 15.0. The van der Waals surface area contributed by atoms with Gasteiger partial charge in [-0.1, -0.05) is 12.1 Å². The molecule has 0 bridgehead atoms. The predicted molar refractivity (Wildman–Crippen MR) is 77.5 cm³/mol. The van der Waals surface area contributed by atoms with Crippen molar-refractivity contribution in [1.29, 1.82) is 0 Å². The fourth-order valence-corrected chi connectivity index (χ4v) is 2.87. The summed E-state index contributed by atoms with van der Waals surface area (Å²) in [5.41, 5.74) is 1.71. The summed E-state index contributed by atoms with van der Waals surface area (Å²) in [6, 6.07) is 7.75. The van der Waals surface area contributed by atoms with Gasteiger partial charge < -0.3 is 14.7 Å². The van der Waals surface area contributed by atoms with Gasteiger partial charge in [-0.3, -0.25) is 4.79 Å². The van der Waals surface area contributed by atoms with E-state index in [1.165, 1.54) is 0 Å². The Morgan fingerprint density at radius 3 is 3.05 bits per heavy atom. The predicted octanol–water partition coefficient (Wildman–Crippen LogP) is 2.21. The van der Waals surface area contributed by atoms with Crippen molar-refractivity contribution in [3.8, 4) is 0 Å². The van der Waals surface area contributed by atoms with Gasteiger partial charge >= 0.3 is 0 Å². The number of hydrogen-bond donors (Lipinski definition) is 1. The minimum atomic E-state index is -0.367. The van der Waals surface area contributed by atoms with Gasteiger partial charge in [0.2, 0.25) is 0 Å². The van der Waals surface area contributed by atoms with Crippen molar-refractivity contribution < 1.29 is 14.6 Å². The second-order valence-corrected chi connectivity index (χ2v) is 5.51. The molecule has 0 aromatic heterocycles. The SMILES string of the molecule is COCc1cccc(C(=O)N2CCC[C@@H]2C[C@@H](C)O)c1. The van der Waals surface area contributed by atoms with E-state index in [4.69, 9.17) is 4.74 Å². The molecule has 1 aromatic rings. The van der Waals surface area contributed by atoms with Crippen LogP contribution in [-0.4, -0.2) is 41.7 Å². The summed E-state index contributed by atoms with van der Waals surface area (Å²) in [4.78, 5) is 14.5. The molecule has 0 spiro atoms. The molecule has 0 aliphatic carbocycles. The molecule has 4 heteroatoms. The zero-order chi connectivity index (χ0) is 14.5. The smallest absolute Gasteiger partial charge is 0.254 e. The molecule has 4 nitrogen and oxygen atoms in total. The Balaban J connectivity index is 2.11. The average molecular weight is 277 g/mol. The Kier molecular flexibility index (Phi) is 5.15. The van der Waals surface area contributed by atoms with Gasteiger partial charge in [0, 0.05) is 25.3 Å². The molecule has 20 heavy (non-hydrogen) atoms. The van der Waals surface area contributed by atoms with Crippen LogP contribution in [0.2, 0.25) is 0 Å². The van der Waals surface area contributed by atoms with Gasteiger partial charge in [-0.05, 0) is 43.9 Å². The Hall–Kier alpha value is -1.39. The first-order valence-electron chi connectivity index (χ1n) is 7.18. The molecule has 1 fully saturated rings. The number of rotatable bonds is 5. The molecule has 1 saturated heterocycles. The number of benzene rings is 1. The molecule has 1 amide bonds. The highest BCUT2D eigenvalue weighted by Gasteiger charge is 2.30. The normalized spacial score (nSPS) is 20.1. The summed E-state index contributed by atoms with van der Waals surface area (Å²) in [5, 5.41) is 9.54. The van der Waals surface area contributed by atoms with Crippen molar-refractivity contribution in [1.82, 2.24) is 4.90 Å². The molecule has 2 atom stereocenters. The van der Waals surface area contributed by atoms with Crippen LogP contribution in [0.15, 0.2) is 24.3 Å². The minimum Gasteiger partial charge on any atom is -0.393 e. The lowest BCUT2D eigenvalue weighted by Gasteiger charge is -2.26. The third-order valence-electron chi connectivity index (χ3n) is 3.74. The first-order valence-corrected chi connectivity index (χ1v) is 7.18. The molecule has 2 rings (SSSR count). The van der Waals surface area contributed by atoms with E-state index >= 15 is 0 Å². The van der Waals surface area contributed by atoms with Crippen LogP contribution in [0.25, 0.3) is 0 Å². The number of amides is 1. The topological polar surface area (TPSA) is 49.8 Å².